The number of aromatic nitrogens is 2. The first-order valence-corrected chi connectivity index (χ1v) is 6.27. The quantitative estimate of drug-likeness (QED) is 0.809. The van der Waals surface area contributed by atoms with E-state index in [1.54, 1.807) is 0 Å². The Labute approximate surface area is 100 Å². The summed E-state index contributed by atoms with van der Waals surface area (Å²) in [5.74, 6) is 0.741. The lowest BCUT2D eigenvalue weighted by Gasteiger charge is -2.08. The predicted molar refractivity (Wildman–Crippen MR) is 66.7 cm³/mol. The molecule has 1 aliphatic carbocycles. The fourth-order valence-corrected chi connectivity index (χ4v) is 2.68. The summed E-state index contributed by atoms with van der Waals surface area (Å²) in [5, 5.41) is 0. The fraction of sp³-hybridized carbons (Fsp3) is 0.429. The van der Waals surface area contributed by atoms with Gasteiger partial charge in [-0.05, 0) is 31.4 Å². The number of carbonyl (C=O) groups excluding carboxylic acids is 1. The number of imidazole rings is 1. The Morgan fingerprint density at radius 3 is 3.06 bits per heavy atom. The first kappa shape index (κ1) is 10.5. The van der Waals surface area contributed by atoms with Gasteiger partial charge in [0.25, 0.3) is 0 Å². The molecule has 1 aromatic carbocycles. The maximum Gasteiger partial charge on any atom is 0.136 e. The molecular weight excluding hydrogens is 212 g/mol. The van der Waals surface area contributed by atoms with Crippen LogP contribution in [0.4, 0.5) is 0 Å². The number of Topliss-reactive ketones (excluding diaryl/α,β-unsaturated/α-hetero) is 1. The third-order valence-electron chi connectivity index (χ3n) is 3.68. The Morgan fingerprint density at radius 2 is 2.24 bits per heavy atom. The average Bonchev–Trinajstić information content (AvgIpc) is 2.93. The number of fused-ring (bicyclic) bond motifs is 1. The number of hydrogen-bond donors (Lipinski definition) is 0. The molecule has 3 nitrogen and oxygen atoms in total. The summed E-state index contributed by atoms with van der Waals surface area (Å²) in [6.45, 7) is 0.900. The van der Waals surface area contributed by atoms with Gasteiger partial charge < -0.3 is 4.57 Å². The smallest absolute Gasteiger partial charge is 0.136 e. The lowest BCUT2D eigenvalue weighted by atomic mass is 10.0. The van der Waals surface area contributed by atoms with Crippen LogP contribution in [0.25, 0.3) is 11.0 Å². The number of nitrogens with zero attached hydrogens (tertiary/aromatic N) is 2. The van der Waals surface area contributed by atoms with Gasteiger partial charge in [0.15, 0.2) is 0 Å². The van der Waals surface area contributed by atoms with Crippen LogP contribution in [0, 0.1) is 5.92 Å². The van der Waals surface area contributed by atoms with Gasteiger partial charge in [-0.2, -0.15) is 0 Å². The van der Waals surface area contributed by atoms with E-state index in [1.165, 1.54) is 0 Å². The van der Waals surface area contributed by atoms with Crippen molar-refractivity contribution in [3.05, 3.63) is 30.6 Å². The van der Waals surface area contributed by atoms with Crippen molar-refractivity contribution in [2.24, 2.45) is 5.92 Å². The molecular formula is C14H16N2O. The van der Waals surface area contributed by atoms with E-state index in [1.807, 2.05) is 24.5 Å². The van der Waals surface area contributed by atoms with E-state index in [2.05, 4.69) is 15.6 Å². The zero-order valence-electron chi connectivity index (χ0n) is 9.80. The normalized spacial score (nSPS) is 20.2. The molecule has 3 rings (SSSR count). The molecule has 0 radical (unpaired) electrons. The fourth-order valence-electron chi connectivity index (χ4n) is 2.68. The van der Waals surface area contributed by atoms with Gasteiger partial charge in [-0.1, -0.05) is 12.1 Å². The minimum atomic E-state index is 0.288. The zero-order chi connectivity index (χ0) is 11.7. The van der Waals surface area contributed by atoms with E-state index in [4.69, 9.17) is 0 Å². The van der Waals surface area contributed by atoms with Crippen molar-refractivity contribution in [3.8, 4) is 0 Å². The number of aryl methyl sites for hydroxylation is 1. The van der Waals surface area contributed by atoms with Gasteiger partial charge in [0.1, 0.15) is 5.78 Å². The van der Waals surface area contributed by atoms with Crippen LogP contribution in [0.15, 0.2) is 30.6 Å². The minimum Gasteiger partial charge on any atom is -0.331 e. The number of para-hydroxylation sites is 2. The zero-order valence-corrected chi connectivity index (χ0v) is 9.80. The molecule has 1 aliphatic rings. The highest BCUT2D eigenvalue weighted by Gasteiger charge is 2.23. The van der Waals surface area contributed by atoms with Crippen molar-refractivity contribution in [2.45, 2.75) is 32.2 Å². The lowest BCUT2D eigenvalue weighted by molar-refractivity contribution is -0.120. The Bertz CT molecular complexity index is 544. The van der Waals surface area contributed by atoms with Crippen LogP contribution in [0.3, 0.4) is 0 Å². The van der Waals surface area contributed by atoms with Gasteiger partial charge in [-0.25, -0.2) is 4.98 Å². The molecule has 0 N–H and O–H groups in total. The van der Waals surface area contributed by atoms with Crippen LogP contribution >= 0.6 is 0 Å². The Kier molecular flexibility index (Phi) is 2.67. The molecule has 2 aromatic rings. The topological polar surface area (TPSA) is 34.9 Å². The first-order chi connectivity index (χ1) is 8.34. The minimum absolute atomic E-state index is 0.288. The molecule has 1 fully saturated rings. The standard InChI is InChI=1S/C14H16N2O/c17-14-7-3-4-11(14)8-9-16-10-15-12-5-1-2-6-13(12)16/h1-2,5-6,10-11H,3-4,7-9H2. The molecule has 1 unspecified atom stereocenters. The van der Waals surface area contributed by atoms with Gasteiger partial charge in [0, 0.05) is 18.9 Å². The lowest BCUT2D eigenvalue weighted by Crippen LogP contribution is -2.09. The highest BCUT2D eigenvalue weighted by atomic mass is 16.1. The summed E-state index contributed by atoms with van der Waals surface area (Å²) < 4.78 is 2.15. The Balaban J connectivity index is 1.74. The Morgan fingerprint density at radius 1 is 1.35 bits per heavy atom. The number of carbonyl (C=O) groups is 1. The first-order valence-electron chi connectivity index (χ1n) is 6.27. The molecule has 17 heavy (non-hydrogen) atoms. The largest absolute Gasteiger partial charge is 0.331 e. The van der Waals surface area contributed by atoms with Gasteiger partial charge in [0.05, 0.1) is 17.4 Å². The maximum atomic E-state index is 11.6. The third-order valence-corrected chi connectivity index (χ3v) is 3.68. The molecule has 0 bridgehead atoms. The van der Waals surface area contributed by atoms with Crippen LogP contribution in [-0.2, 0) is 11.3 Å². The van der Waals surface area contributed by atoms with Crippen molar-refractivity contribution >= 4 is 16.8 Å². The summed E-state index contributed by atoms with van der Waals surface area (Å²) >= 11 is 0. The Hall–Kier alpha value is -1.64. The van der Waals surface area contributed by atoms with Crippen LogP contribution < -0.4 is 0 Å². The van der Waals surface area contributed by atoms with E-state index < -0.39 is 0 Å². The molecule has 0 amide bonds. The number of benzene rings is 1. The summed E-state index contributed by atoms with van der Waals surface area (Å²) in [7, 11) is 0. The van der Waals surface area contributed by atoms with Crippen LogP contribution in [0.1, 0.15) is 25.7 Å². The summed E-state index contributed by atoms with van der Waals surface area (Å²) in [6.07, 6.45) is 5.78. The molecule has 88 valence electrons. The van der Waals surface area contributed by atoms with Gasteiger partial charge in [0.2, 0.25) is 0 Å². The van der Waals surface area contributed by atoms with E-state index in [0.29, 0.717) is 5.78 Å². The molecule has 3 heteroatoms. The van der Waals surface area contributed by atoms with Gasteiger partial charge >= 0.3 is 0 Å². The van der Waals surface area contributed by atoms with Crippen molar-refractivity contribution in [2.75, 3.05) is 0 Å². The van der Waals surface area contributed by atoms with Crippen LogP contribution in [-0.4, -0.2) is 15.3 Å². The molecule has 0 spiro atoms. The second kappa shape index (κ2) is 4.32. The second-order valence-corrected chi connectivity index (χ2v) is 4.77. The highest BCUT2D eigenvalue weighted by molar-refractivity contribution is 5.82. The maximum absolute atomic E-state index is 11.6. The van der Waals surface area contributed by atoms with E-state index >= 15 is 0 Å². The monoisotopic (exact) mass is 228 g/mol. The van der Waals surface area contributed by atoms with Crippen molar-refractivity contribution in [1.29, 1.82) is 0 Å². The van der Waals surface area contributed by atoms with Gasteiger partial charge in [-0.3, -0.25) is 4.79 Å². The molecule has 1 heterocycles. The van der Waals surface area contributed by atoms with Crippen molar-refractivity contribution < 1.29 is 4.79 Å². The van der Waals surface area contributed by atoms with Crippen molar-refractivity contribution in [1.82, 2.24) is 9.55 Å². The summed E-state index contributed by atoms with van der Waals surface area (Å²) in [5.41, 5.74) is 2.20. The van der Waals surface area contributed by atoms with Crippen molar-refractivity contribution in [3.63, 3.8) is 0 Å². The summed E-state index contributed by atoms with van der Waals surface area (Å²) in [6, 6.07) is 8.13. The molecule has 0 saturated heterocycles. The third kappa shape index (κ3) is 1.97. The van der Waals surface area contributed by atoms with E-state index in [0.717, 1.165) is 43.3 Å². The highest BCUT2D eigenvalue weighted by Crippen LogP contribution is 2.25. The SMILES string of the molecule is O=C1CCCC1CCn1cnc2ccccc21. The molecule has 1 aromatic heterocycles. The van der Waals surface area contributed by atoms with E-state index in [-0.39, 0.29) is 5.92 Å². The number of hydrogen-bond acceptors (Lipinski definition) is 2. The van der Waals surface area contributed by atoms with Crippen LogP contribution in [0.2, 0.25) is 0 Å². The molecule has 0 aliphatic heterocycles. The number of ketones is 1. The molecule has 1 atom stereocenters. The number of rotatable bonds is 3. The summed E-state index contributed by atoms with van der Waals surface area (Å²) in [4.78, 5) is 15.9. The van der Waals surface area contributed by atoms with Gasteiger partial charge in [-0.15, -0.1) is 0 Å². The average molecular weight is 228 g/mol. The predicted octanol–water partition coefficient (Wildman–Crippen LogP) is 2.80. The van der Waals surface area contributed by atoms with Crippen LogP contribution in [0.5, 0.6) is 0 Å². The molecule has 1 saturated carbocycles. The second-order valence-electron chi connectivity index (χ2n) is 4.77. The van der Waals surface area contributed by atoms with E-state index in [9.17, 15) is 4.79 Å².